The van der Waals surface area contributed by atoms with Gasteiger partial charge in [0.2, 0.25) is 0 Å². The summed E-state index contributed by atoms with van der Waals surface area (Å²) in [6.07, 6.45) is 1.50. The molecule has 0 aliphatic carbocycles. The highest BCUT2D eigenvalue weighted by Crippen LogP contribution is 2.25. The third kappa shape index (κ3) is 1.71. The molecular formula is C12H8FN3. The van der Waals surface area contributed by atoms with Crippen LogP contribution >= 0.6 is 0 Å². The van der Waals surface area contributed by atoms with E-state index in [2.05, 4.69) is 4.98 Å². The van der Waals surface area contributed by atoms with Gasteiger partial charge in [0, 0.05) is 23.0 Å². The van der Waals surface area contributed by atoms with Crippen LogP contribution in [0, 0.1) is 17.1 Å². The maximum Gasteiger partial charge on any atom is 0.148 e. The van der Waals surface area contributed by atoms with Crippen molar-refractivity contribution in [3.63, 3.8) is 0 Å². The van der Waals surface area contributed by atoms with Crippen LogP contribution in [-0.2, 0) is 0 Å². The van der Waals surface area contributed by atoms with Crippen molar-refractivity contribution in [2.45, 2.75) is 0 Å². The second kappa shape index (κ2) is 3.99. The van der Waals surface area contributed by atoms with Gasteiger partial charge in [-0.1, -0.05) is 0 Å². The van der Waals surface area contributed by atoms with Crippen molar-refractivity contribution in [1.29, 1.82) is 5.26 Å². The molecule has 1 heterocycles. The van der Waals surface area contributed by atoms with Gasteiger partial charge in [-0.2, -0.15) is 5.26 Å². The monoisotopic (exact) mass is 213 g/mol. The van der Waals surface area contributed by atoms with Gasteiger partial charge in [-0.3, -0.25) is 0 Å². The minimum absolute atomic E-state index is 0.200. The van der Waals surface area contributed by atoms with Gasteiger partial charge in [0.1, 0.15) is 17.6 Å². The van der Waals surface area contributed by atoms with E-state index in [1.807, 2.05) is 6.07 Å². The molecule has 0 bridgehead atoms. The molecule has 0 saturated heterocycles. The van der Waals surface area contributed by atoms with Gasteiger partial charge in [-0.15, -0.1) is 0 Å². The molecule has 0 aliphatic rings. The first kappa shape index (κ1) is 10.1. The Bertz CT molecular complexity index is 573. The SMILES string of the molecule is N#Cc1ncccc1-c1ccc(N)cc1F. The maximum absolute atomic E-state index is 13.6. The van der Waals surface area contributed by atoms with E-state index in [1.165, 1.54) is 12.3 Å². The number of hydrogen-bond donors (Lipinski definition) is 1. The van der Waals surface area contributed by atoms with Gasteiger partial charge < -0.3 is 5.73 Å². The molecule has 0 saturated carbocycles. The topological polar surface area (TPSA) is 62.7 Å². The van der Waals surface area contributed by atoms with Crippen molar-refractivity contribution >= 4 is 5.69 Å². The lowest BCUT2D eigenvalue weighted by atomic mass is 10.0. The minimum atomic E-state index is -0.454. The van der Waals surface area contributed by atoms with Crippen LogP contribution in [0.15, 0.2) is 36.5 Å². The standard InChI is InChI=1S/C12H8FN3/c13-11-6-8(15)3-4-9(11)10-2-1-5-16-12(10)7-14/h1-6H,15H2. The van der Waals surface area contributed by atoms with Gasteiger partial charge in [0.15, 0.2) is 0 Å². The Hall–Kier alpha value is -2.41. The molecule has 4 heteroatoms. The summed E-state index contributed by atoms with van der Waals surface area (Å²) in [5.74, 6) is -0.454. The first-order valence-electron chi connectivity index (χ1n) is 4.63. The van der Waals surface area contributed by atoms with E-state index in [1.54, 1.807) is 24.3 Å². The summed E-state index contributed by atoms with van der Waals surface area (Å²) in [7, 11) is 0. The number of hydrogen-bond acceptors (Lipinski definition) is 3. The first-order valence-corrected chi connectivity index (χ1v) is 4.63. The number of benzene rings is 1. The highest BCUT2D eigenvalue weighted by Gasteiger charge is 2.10. The normalized spacial score (nSPS) is 9.75. The maximum atomic E-state index is 13.6. The van der Waals surface area contributed by atoms with E-state index >= 15 is 0 Å². The van der Waals surface area contributed by atoms with Gasteiger partial charge >= 0.3 is 0 Å². The van der Waals surface area contributed by atoms with E-state index in [9.17, 15) is 4.39 Å². The highest BCUT2D eigenvalue weighted by molar-refractivity contribution is 5.70. The van der Waals surface area contributed by atoms with Crippen molar-refractivity contribution < 1.29 is 4.39 Å². The van der Waals surface area contributed by atoms with Gasteiger partial charge in [0.05, 0.1) is 0 Å². The Balaban J connectivity index is 2.64. The van der Waals surface area contributed by atoms with Crippen LogP contribution in [0.2, 0.25) is 0 Å². The average molecular weight is 213 g/mol. The van der Waals surface area contributed by atoms with Gasteiger partial charge in [-0.25, -0.2) is 9.37 Å². The Labute approximate surface area is 92.0 Å². The summed E-state index contributed by atoms with van der Waals surface area (Å²) in [6.45, 7) is 0. The lowest BCUT2D eigenvalue weighted by Gasteiger charge is -2.05. The van der Waals surface area contributed by atoms with Crippen LogP contribution < -0.4 is 5.73 Å². The lowest BCUT2D eigenvalue weighted by Crippen LogP contribution is -1.93. The fraction of sp³-hybridized carbons (Fsp3) is 0. The molecule has 2 rings (SSSR count). The van der Waals surface area contributed by atoms with Crippen molar-refractivity contribution in [3.05, 3.63) is 48.0 Å². The summed E-state index contributed by atoms with van der Waals surface area (Å²) >= 11 is 0. The van der Waals surface area contributed by atoms with Crippen LogP contribution in [0.5, 0.6) is 0 Å². The van der Waals surface area contributed by atoms with E-state index < -0.39 is 5.82 Å². The largest absolute Gasteiger partial charge is 0.399 e. The molecule has 0 atom stereocenters. The zero-order valence-corrected chi connectivity index (χ0v) is 8.31. The smallest absolute Gasteiger partial charge is 0.148 e. The third-order valence-corrected chi connectivity index (χ3v) is 2.20. The molecule has 0 spiro atoms. The lowest BCUT2D eigenvalue weighted by molar-refractivity contribution is 0.632. The van der Waals surface area contributed by atoms with E-state index in [4.69, 9.17) is 11.0 Å². The third-order valence-electron chi connectivity index (χ3n) is 2.20. The molecule has 2 N–H and O–H groups in total. The molecule has 0 amide bonds. The molecule has 1 aromatic heterocycles. The predicted octanol–water partition coefficient (Wildman–Crippen LogP) is 2.34. The summed E-state index contributed by atoms with van der Waals surface area (Å²) in [4.78, 5) is 3.88. The summed E-state index contributed by atoms with van der Waals surface area (Å²) in [5, 5.41) is 8.87. The Morgan fingerprint density at radius 3 is 2.75 bits per heavy atom. The second-order valence-corrected chi connectivity index (χ2v) is 3.25. The Kier molecular flexibility index (Phi) is 2.52. The number of rotatable bonds is 1. The van der Waals surface area contributed by atoms with Gasteiger partial charge in [0.25, 0.3) is 0 Å². The molecule has 78 valence electrons. The van der Waals surface area contributed by atoms with Crippen LogP contribution in [0.25, 0.3) is 11.1 Å². The predicted molar refractivity (Wildman–Crippen MR) is 58.8 cm³/mol. The molecule has 3 nitrogen and oxygen atoms in total. The van der Waals surface area contributed by atoms with E-state index in [-0.39, 0.29) is 5.69 Å². The van der Waals surface area contributed by atoms with Crippen molar-refractivity contribution in [2.75, 3.05) is 5.73 Å². The van der Waals surface area contributed by atoms with Crippen LogP contribution in [0.1, 0.15) is 5.69 Å². The molecular weight excluding hydrogens is 205 g/mol. The molecule has 0 unspecified atom stereocenters. The zero-order valence-electron chi connectivity index (χ0n) is 8.31. The zero-order chi connectivity index (χ0) is 11.5. The number of nitrogens with two attached hydrogens (primary N) is 1. The quantitative estimate of drug-likeness (QED) is 0.739. The van der Waals surface area contributed by atoms with Crippen LogP contribution in [0.3, 0.4) is 0 Å². The highest BCUT2D eigenvalue weighted by atomic mass is 19.1. The fourth-order valence-electron chi connectivity index (χ4n) is 1.46. The molecule has 2 aromatic rings. The molecule has 0 fully saturated rings. The summed E-state index contributed by atoms with van der Waals surface area (Å²) in [6, 6.07) is 9.60. The number of aromatic nitrogens is 1. The van der Waals surface area contributed by atoms with E-state index in [0.717, 1.165) is 0 Å². The van der Waals surface area contributed by atoms with E-state index in [0.29, 0.717) is 16.8 Å². The number of nitriles is 1. The van der Waals surface area contributed by atoms with Crippen molar-refractivity contribution in [2.24, 2.45) is 0 Å². The Morgan fingerprint density at radius 1 is 1.25 bits per heavy atom. The van der Waals surface area contributed by atoms with Gasteiger partial charge in [-0.05, 0) is 30.3 Å². The molecule has 16 heavy (non-hydrogen) atoms. The van der Waals surface area contributed by atoms with Crippen LogP contribution in [0.4, 0.5) is 10.1 Å². The minimum Gasteiger partial charge on any atom is -0.399 e. The number of anilines is 1. The fourth-order valence-corrected chi connectivity index (χ4v) is 1.46. The number of pyridine rings is 1. The molecule has 0 radical (unpaired) electrons. The number of nitrogens with zero attached hydrogens (tertiary/aromatic N) is 2. The van der Waals surface area contributed by atoms with Crippen molar-refractivity contribution in [3.8, 4) is 17.2 Å². The summed E-state index contributed by atoms with van der Waals surface area (Å²) < 4.78 is 13.6. The summed E-state index contributed by atoms with van der Waals surface area (Å²) in [5.41, 5.74) is 6.81. The number of halogens is 1. The second-order valence-electron chi connectivity index (χ2n) is 3.25. The first-order chi connectivity index (χ1) is 7.72. The van der Waals surface area contributed by atoms with Crippen molar-refractivity contribution in [1.82, 2.24) is 4.98 Å². The molecule has 0 aliphatic heterocycles. The van der Waals surface area contributed by atoms with Crippen LogP contribution in [-0.4, -0.2) is 4.98 Å². The number of nitrogen functional groups attached to an aromatic ring is 1. The molecule has 1 aromatic carbocycles. The Morgan fingerprint density at radius 2 is 2.06 bits per heavy atom. The average Bonchev–Trinajstić information content (AvgIpc) is 2.29.